The molecule has 4 rings (SSSR count). The van der Waals surface area contributed by atoms with Gasteiger partial charge in [0.15, 0.2) is 0 Å². The van der Waals surface area contributed by atoms with Gasteiger partial charge in [-0.3, -0.25) is 19.3 Å². The second-order valence-electron chi connectivity index (χ2n) is 8.57. The lowest BCUT2D eigenvalue weighted by Crippen LogP contribution is -2.40. The van der Waals surface area contributed by atoms with Crippen LogP contribution < -0.4 is 10.6 Å². The highest BCUT2D eigenvalue weighted by atomic mass is 32.1. The summed E-state index contributed by atoms with van der Waals surface area (Å²) in [5, 5.41) is 7.64. The number of nitrogens with one attached hydrogen (secondary N) is 2. The topological polar surface area (TPSA) is 81.8 Å². The molecule has 2 aliphatic heterocycles. The Morgan fingerprint density at radius 1 is 0.906 bits per heavy atom. The number of likely N-dealkylation sites (tertiary alicyclic amines) is 2. The summed E-state index contributed by atoms with van der Waals surface area (Å²) in [4.78, 5) is 41.7. The summed E-state index contributed by atoms with van der Waals surface area (Å²) in [6.45, 7) is 3.88. The maximum atomic E-state index is 12.5. The average molecular weight is 455 g/mol. The van der Waals surface area contributed by atoms with E-state index in [-0.39, 0.29) is 11.8 Å². The summed E-state index contributed by atoms with van der Waals surface area (Å²) in [6, 6.07) is 10.8. The van der Waals surface area contributed by atoms with Gasteiger partial charge in [0.2, 0.25) is 11.8 Å². The molecule has 0 unspecified atom stereocenters. The quantitative estimate of drug-likeness (QED) is 0.669. The number of carbonyl (C=O) groups excluding carboxylic acids is 3. The number of thiophene rings is 1. The van der Waals surface area contributed by atoms with Gasteiger partial charge in [-0.1, -0.05) is 6.07 Å². The first-order valence-corrected chi connectivity index (χ1v) is 12.2. The lowest BCUT2D eigenvalue weighted by molar-refractivity contribution is -0.131. The molecular formula is C24H30N4O3S. The van der Waals surface area contributed by atoms with Gasteiger partial charge >= 0.3 is 0 Å². The number of hydrogen-bond acceptors (Lipinski definition) is 5. The van der Waals surface area contributed by atoms with Crippen LogP contribution in [0.1, 0.15) is 41.8 Å². The molecule has 1 aromatic heterocycles. The molecule has 2 saturated heterocycles. The van der Waals surface area contributed by atoms with Crippen molar-refractivity contribution >= 4 is 40.4 Å². The standard InChI is InChI=1S/C24H30N4O3S/c29-22(17-27-13-9-18(10-14-27)16-23(30)28-11-1-2-12-28)25-19-5-7-20(8-6-19)26-24(31)21-4-3-15-32-21/h3-8,15,18H,1-2,9-14,16-17H2,(H,25,29)(H,26,31). The predicted molar refractivity (Wildman–Crippen MR) is 127 cm³/mol. The molecule has 3 heterocycles. The number of rotatable bonds is 7. The molecule has 0 spiro atoms. The van der Waals surface area contributed by atoms with Crippen LogP contribution in [0.4, 0.5) is 11.4 Å². The predicted octanol–water partition coefficient (Wildman–Crippen LogP) is 3.66. The lowest BCUT2D eigenvalue weighted by Gasteiger charge is -2.31. The smallest absolute Gasteiger partial charge is 0.265 e. The Hall–Kier alpha value is -2.71. The Morgan fingerprint density at radius 2 is 1.56 bits per heavy atom. The Balaban J connectivity index is 1.17. The normalized spacial score (nSPS) is 17.3. The van der Waals surface area contributed by atoms with E-state index in [4.69, 9.17) is 0 Å². The van der Waals surface area contributed by atoms with Gasteiger partial charge < -0.3 is 15.5 Å². The van der Waals surface area contributed by atoms with Crippen LogP contribution in [0, 0.1) is 5.92 Å². The zero-order valence-corrected chi connectivity index (χ0v) is 19.0. The van der Waals surface area contributed by atoms with E-state index in [1.165, 1.54) is 11.3 Å². The van der Waals surface area contributed by atoms with Gasteiger partial charge in [-0.25, -0.2) is 0 Å². The molecule has 32 heavy (non-hydrogen) atoms. The maximum Gasteiger partial charge on any atom is 0.265 e. The van der Waals surface area contributed by atoms with Crippen molar-refractivity contribution in [2.45, 2.75) is 32.1 Å². The third-order valence-corrected chi connectivity index (χ3v) is 7.04. The molecule has 170 valence electrons. The number of nitrogens with zero attached hydrogens (tertiary/aromatic N) is 2. The zero-order valence-electron chi connectivity index (χ0n) is 18.2. The van der Waals surface area contributed by atoms with Crippen molar-refractivity contribution in [1.82, 2.24) is 9.80 Å². The molecular weight excluding hydrogens is 424 g/mol. The Morgan fingerprint density at radius 3 is 2.19 bits per heavy atom. The zero-order chi connectivity index (χ0) is 22.3. The van der Waals surface area contributed by atoms with Crippen molar-refractivity contribution in [2.24, 2.45) is 5.92 Å². The highest BCUT2D eigenvalue weighted by molar-refractivity contribution is 7.12. The van der Waals surface area contributed by atoms with E-state index in [0.29, 0.717) is 41.0 Å². The van der Waals surface area contributed by atoms with Gasteiger partial charge in [0.05, 0.1) is 11.4 Å². The van der Waals surface area contributed by atoms with Crippen LogP contribution in [-0.2, 0) is 9.59 Å². The van der Waals surface area contributed by atoms with Gasteiger partial charge in [-0.05, 0) is 80.4 Å². The molecule has 8 heteroatoms. The number of amides is 3. The first-order valence-electron chi connectivity index (χ1n) is 11.3. The molecule has 0 saturated carbocycles. The Bertz CT molecular complexity index is 915. The van der Waals surface area contributed by atoms with Crippen molar-refractivity contribution in [2.75, 3.05) is 43.4 Å². The van der Waals surface area contributed by atoms with Gasteiger partial charge in [-0.2, -0.15) is 0 Å². The molecule has 2 fully saturated rings. The van der Waals surface area contributed by atoms with Crippen LogP contribution in [0.3, 0.4) is 0 Å². The third kappa shape index (κ3) is 6.17. The molecule has 0 bridgehead atoms. The van der Waals surface area contributed by atoms with E-state index in [1.54, 1.807) is 30.3 Å². The van der Waals surface area contributed by atoms with Crippen molar-refractivity contribution in [1.29, 1.82) is 0 Å². The molecule has 1 aromatic carbocycles. The summed E-state index contributed by atoms with van der Waals surface area (Å²) in [5.41, 5.74) is 1.39. The Labute approximate surface area is 192 Å². The van der Waals surface area contributed by atoms with Crippen LogP contribution in [-0.4, -0.2) is 60.2 Å². The maximum absolute atomic E-state index is 12.5. The van der Waals surface area contributed by atoms with Crippen LogP contribution in [0.15, 0.2) is 41.8 Å². The fraction of sp³-hybridized carbons (Fsp3) is 0.458. The molecule has 2 aromatic rings. The third-order valence-electron chi connectivity index (χ3n) is 6.17. The second-order valence-corrected chi connectivity index (χ2v) is 9.52. The monoisotopic (exact) mass is 454 g/mol. The van der Waals surface area contributed by atoms with Crippen molar-refractivity contribution in [3.05, 3.63) is 46.7 Å². The summed E-state index contributed by atoms with van der Waals surface area (Å²) in [6.07, 6.45) is 4.84. The molecule has 0 atom stereocenters. The largest absolute Gasteiger partial charge is 0.343 e. The van der Waals surface area contributed by atoms with Crippen molar-refractivity contribution in [3.63, 3.8) is 0 Å². The minimum absolute atomic E-state index is 0.0491. The van der Waals surface area contributed by atoms with Crippen LogP contribution in [0.2, 0.25) is 0 Å². The fourth-order valence-corrected chi connectivity index (χ4v) is 4.95. The summed E-state index contributed by atoms with van der Waals surface area (Å²) in [5.74, 6) is 0.544. The van der Waals surface area contributed by atoms with E-state index < -0.39 is 0 Å². The fourth-order valence-electron chi connectivity index (χ4n) is 4.33. The number of carbonyl (C=O) groups is 3. The molecule has 7 nitrogen and oxygen atoms in total. The molecule has 2 aliphatic rings. The van der Waals surface area contributed by atoms with Gasteiger partial charge in [0.1, 0.15) is 0 Å². The number of benzene rings is 1. The summed E-state index contributed by atoms with van der Waals surface area (Å²) >= 11 is 1.39. The van der Waals surface area contributed by atoms with E-state index in [2.05, 4.69) is 15.5 Å². The van der Waals surface area contributed by atoms with E-state index >= 15 is 0 Å². The summed E-state index contributed by atoms with van der Waals surface area (Å²) in [7, 11) is 0. The van der Waals surface area contributed by atoms with Gasteiger partial charge in [0, 0.05) is 30.9 Å². The van der Waals surface area contributed by atoms with Crippen molar-refractivity contribution in [3.8, 4) is 0 Å². The first-order chi connectivity index (χ1) is 15.6. The first kappa shape index (κ1) is 22.5. The van der Waals surface area contributed by atoms with Crippen LogP contribution in [0.25, 0.3) is 0 Å². The number of piperidine rings is 1. The molecule has 0 radical (unpaired) electrons. The number of anilines is 2. The van der Waals surface area contributed by atoms with E-state index in [9.17, 15) is 14.4 Å². The van der Waals surface area contributed by atoms with Gasteiger partial charge in [0.25, 0.3) is 5.91 Å². The lowest BCUT2D eigenvalue weighted by atomic mass is 9.93. The number of hydrogen-bond donors (Lipinski definition) is 2. The van der Waals surface area contributed by atoms with Crippen LogP contribution >= 0.6 is 11.3 Å². The minimum Gasteiger partial charge on any atom is -0.343 e. The van der Waals surface area contributed by atoms with E-state index in [0.717, 1.165) is 51.9 Å². The van der Waals surface area contributed by atoms with E-state index in [1.807, 2.05) is 16.3 Å². The molecule has 2 N–H and O–H groups in total. The van der Waals surface area contributed by atoms with Crippen LogP contribution in [0.5, 0.6) is 0 Å². The second kappa shape index (κ2) is 10.7. The molecule has 3 amide bonds. The molecule has 0 aliphatic carbocycles. The summed E-state index contributed by atoms with van der Waals surface area (Å²) < 4.78 is 0. The SMILES string of the molecule is O=C(CN1CCC(CC(=O)N2CCCC2)CC1)Nc1ccc(NC(=O)c2cccs2)cc1. The van der Waals surface area contributed by atoms with Crippen molar-refractivity contribution < 1.29 is 14.4 Å². The average Bonchev–Trinajstić information content (AvgIpc) is 3.51. The Kier molecular flexibility index (Phi) is 7.55. The van der Waals surface area contributed by atoms with Gasteiger partial charge in [-0.15, -0.1) is 11.3 Å². The highest BCUT2D eigenvalue weighted by Crippen LogP contribution is 2.23. The minimum atomic E-state index is -0.137. The highest BCUT2D eigenvalue weighted by Gasteiger charge is 2.26.